The highest BCUT2D eigenvalue weighted by Crippen LogP contribution is 2.28. The number of hydrogen-bond acceptors (Lipinski definition) is 3. The van der Waals surface area contributed by atoms with Crippen LogP contribution in [-0.2, 0) is 0 Å². The number of fused-ring (bicyclic) bond motifs is 3. The van der Waals surface area contributed by atoms with Gasteiger partial charge in [-0.15, -0.1) is 0 Å². The largest absolute Gasteiger partial charge is 0.355 e. The number of aromatic amines is 1. The van der Waals surface area contributed by atoms with Crippen LogP contribution in [0.4, 0.5) is 0 Å². The number of nitriles is 3. The number of nitrogens with zero attached hydrogens (tertiary/aromatic N) is 3. The number of para-hydroxylation sites is 1. The number of aromatic nitrogens is 1. The van der Waals surface area contributed by atoms with Crippen molar-refractivity contribution in [3.63, 3.8) is 0 Å². The molecule has 1 aromatic heterocycles. The molecule has 3 rings (SSSR count). The highest BCUT2D eigenvalue weighted by atomic mass is 14.7. The first-order valence-electron chi connectivity index (χ1n) is 6.24. The van der Waals surface area contributed by atoms with Gasteiger partial charge in [-0.3, -0.25) is 0 Å². The van der Waals surface area contributed by atoms with Crippen LogP contribution in [0, 0.1) is 34.0 Å². The average molecular weight is 268 g/mol. The highest BCUT2D eigenvalue weighted by molar-refractivity contribution is 6.08. The topological polar surface area (TPSA) is 87.2 Å². The summed E-state index contributed by atoms with van der Waals surface area (Å²) >= 11 is 0. The Balaban J connectivity index is 2.34. The fraction of sp³-hybridized carbons (Fsp3) is 0. The maximum absolute atomic E-state index is 9.23. The van der Waals surface area contributed by atoms with Gasteiger partial charge in [-0.2, -0.15) is 15.8 Å². The van der Waals surface area contributed by atoms with E-state index in [0.717, 1.165) is 21.8 Å². The molecule has 0 aliphatic heterocycles. The first-order valence-corrected chi connectivity index (χ1v) is 6.24. The Morgan fingerprint density at radius 2 is 1.52 bits per heavy atom. The molecule has 1 heterocycles. The van der Waals surface area contributed by atoms with E-state index >= 15 is 0 Å². The summed E-state index contributed by atoms with van der Waals surface area (Å²) in [6.45, 7) is 0. The van der Waals surface area contributed by atoms with E-state index in [1.54, 1.807) is 18.2 Å². The lowest BCUT2D eigenvalue weighted by Gasteiger charge is -2.00. The van der Waals surface area contributed by atoms with E-state index in [0.29, 0.717) is 5.56 Å². The van der Waals surface area contributed by atoms with Crippen molar-refractivity contribution in [1.82, 2.24) is 4.98 Å². The van der Waals surface area contributed by atoms with Crippen LogP contribution in [0.5, 0.6) is 0 Å². The van der Waals surface area contributed by atoms with E-state index in [4.69, 9.17) is 10.5 Å². The molecule has 2 aromatic carbocycles. The molecule has 0 saturated carbocycles. The summed E-state index contributed by atoms with van der Waals surface area (Å²) in [5.74, 6) is 0. The van der Waals surface area contributed by atoms with E-state index in [1.807, 2.05) is 42.5 Å². The Morgan fingerprint density at radius 3 is 2.24 bits per heavy atom. The third-order valence-electron chi connectivity index (χ3n) is 3.38. The second-order valence-corrected chi connectivity index (χ2v) is 4.52. The van der Waals surface area contributed by atoms with E-state index in [9.17, 15) is 5.26 Å². The lowest BCUT2D eigenvalue weighted by atomic mass is 10.00. The van der Waals surface area contributed by atoms with Crippen LogP contribution in [0.25, 0.3) is 27.4 Å². The molecule has 0 amide bonds. The first kappa shape index (κ1) is 12.5. The molecular weight excluding hydrogens is 260 g/mol. The third kappa shape index (κ3) is 1.91. The van der Waals surface area contributed by atoms with Gasteiger partial charge in [-0.1, -0.05) is 24.3 Å². The molecule has 0 spiro atoms. The number of benzene rings is 2. The van der Waals surface area contributed by atoms with Crippen molar-refractivity contribution >= 4 is 27.4 Å². The van der Waals surface area contributed by atoms with Crippen LogP contribution in [0.15, 0.2) is 48.0 Å². The molecule has 3 aromatic rings. The number of nitrogens with one attached hydrogen (secondary N) is 1. The van der Waals surface area contributed by atoms with Crippen LogP contribution in [-0.4, -0.2) is 4.98 Å². The molecule has 0 atom stereocenters. The Bertz CT molecular complexity index is 1000. The van der Waals surface area contributed by atoms with E-state index in [1.165, 1.54) is 0 Å². The molecule has 4 nitrogen and oxygen atoms in total. The van der Waals surface area contributed by atoms with Crippen molar-refractivity contribution in [2.75, 3.05) is 0 Å². The predicted octanol–water partition coefficient (Wildman–Crippen LogP) is 3.65. The van der Waals surface area contributed by atoms with Crippen LogP contribution in [0.1, 0.15) is 5.56 Å². The van der Waals surface area contributed by atoms with Crippen LogP contribution in [0.3, 0.4) is 0 Å². The number of rotatable bonds is 1. The maximum Gasteiger partial charge on any atom is 0.148 e. The van der Waals surface area contributed by atoms with Gasteiger partial charge < -0.3 is 4.98 Å². The van der Waals surface area contributed by atoms with Gasteiger partial charge in [0.25, 0.3) is 0 Å². The molecule has 0 saturated heterocycles. The number of allylic oxidation sites excluding steroid dienone is 2. The molecule has 0 aliphatic carbocycles. The van der Waals surface area contributed by atoms with Gasteiger partial charge in [0.15, 0.2) is 0 Å². The smallest absolute Gasteiger partial charge is 0.148 e. The fourth-order valence-electron chi connectivity index (χ4n) is 2.41. The van der Waals surface area contributed by atoms with Gasteiger partial charge in [0.1, 0.15) is 23.8 Å². The minimum atomic E-state index is -0.170. The van der Waals surface area contributed by atoms with Crippen LogP contribution in [0.2, 0.25) is 0 Å². The van der Waals surface area contributed by atoms with Crippen LogP contribution >= 0.6 is 0 Å². The van der Waals surface area contributed by atoms with Gasteiger partial charge >= 0.3 is 0 Å². The van der Waals surface area contributed by atoms with E-state index < -0.39 is 0 Å². The number of hydrogen-bond donors (Lipinski definition) is 1. The highest BCUT2D eigenvalue weighted by Gasteiger charge is 2.11. The van der Waals surface area contributed by atoms with Crippen molar-refractivity contribution in [2.45, 2.75) is 0 Å². The Labute approximate surface area is 120 Å². The van der Waals surface area contributed by atoms with Crippen LogP contribution < -0.4 is 0 Å². The molecule has 21 heavy (non-hydrogen) atoms. The zero-order valence-corrected chi connectivity index (χ0v) is 10.9. The van der Waals surface area contributed by atoms with Gasteiger partial charge in [-0.05, 0) is 23.8 Å². The quantitative estimate of drug-likeness (QED) is 0.683. The number of H-pyrrole nitrogens is 1. The second kappa shape index (κ2) is 4.85. The Kier molecular flexibility index (Phi) is 2.88. The summed E-state index contributed by atoms with van der Waals surface area (Å²) in [6.07, 6.45) is 0. The van der Waals surface area contributed by atoms with E-state index in [2.05, 4.69) is 4.98 Å². The van der Waals surface area contributed by atoms with Crippen molar-refractivity contribution in [3.8, 4) is 18.2 Å². The van der Waals surface area contributed by atoms with Crippen molar-refractivity contribution < 1.29 is 0 Å². The van der Waals surface area contributed by atoms with Gasteiger partial charge in [-0.25, -0.2) is 0 Å². The molecule has 96 valence electrons. The summed E-state index contributed by atoms with van der Waals surface area (Å²) in [6, 6.07) is 18.8. The third-order valence-corrected chi connectivity index (χ3v) is 3.38. The maximum atomic E-state index is 9.23. The monoisotopic (exact) mass is 268 g/mol. The molecule has 0 aliphatic rings. The summed E-state index contributed by atoms with van der Waals surface area (Å²) in [4.78, 5) is 3.29. The summed E-state index contributed by atoms with van der Waals surface area (Å²) in [5, 5.41) is 29.1. The minimum Gasteiger partial charge on any atom is -0.355 e. The van der Waals surface area contributed by atoms with E-state index in [-0.39, 0.29) is 11.1 Å². The molecule has 0 unspecified atom stereocenters. The Hall–Kier alpha value is -3.55. The lowest BCUT2D eigenvalue weighted by molar-refractivity contribution is 1.45. The zero-order chi connectivity index (χ0) is 14.8. The average Bonchev–Trinajstić information content (AvgIpc) is 2.90. The Morgan fingerprint density at radius 1 is 0.810 bits per heavy atom. The standard InChI is InChI=1S/C17H8N4/c18-8-12(9-19)15(10-20)11-5-6-17-14(7-11)13-3-1-2-4-16(13)21-17/h1-7,21H. The predicted molar refractivity (Wildman–Crippen MR) is 79.6 cm³/mol. The summed E-state index contributed by atoms with van der Waals surface area (Å²) < 4.78 is 0. The van der Waals surface area contributed by atoms with Crippen molar-refractivity contribution in [1.29, 1.82) is 15.8 Å². The van der Waals surface area contributed by atoms with Crippen molar-refractivity contribution in [3.05, 3.63) is 53.6 Å². The van der Waals surface area contributed by atoms with Crippen molar-refractivity contribution in [2.24, 2.45) is 0 Å². The molecule has 0 fully saturated rings. The first-order chi connectivity index (χ1) is 10.3. The zero-order valence-electron chi connectivity index (χ0n) is 10.9. The van der Waals surface area contributed by atoms with Gasteiger partial charge in [0.2, 0.25) is 0 Å². The molecule has 1 N–H and O–H groups in total. The normalized spacial score (nSPS) is 9.76. The summed E-state index contributed by atoms with van der Waals surface area (Å²) in [5.41, 5.74) is 2.47. The summed E-state index contributed by atoms with van der Waals surface area (Å²) in [7, 11) is 0. The van der Waals surface area contributed by atoms with Gasteiger partial charge in [0.05, 0.1) is 5.57 Å². The molecule has 0 radical (unpaired) electrons. The molecule has 4 heteroatoms. The fourth-order valence-corrected chi connectivity index (χ4v) is 2.41. The molecular formula is C17H8N4. The lowest BCUT2D eigenvalue weighted by Crippen LogP contribution is -1.86. The second-order valence-electron chi connectivity index (χ2n) is 4.52. The SMILES string of the molecule is N#CC(C#N)=C(C#N)c1ccc2[nH]c3ccccc3c2c1. The van der Waals surface area contributed by atoms with Gasteiger partial charge in [0, 0.05) is 21.8 Å². The minimum absolute atomic E-state index is 0.104. The molecule has 0 bridgehead atoms.